The van der Waals surface area contributed by atoms with Gasteiger partial charge in [-0.1, -0.05) is 90.8 Å². The molecular formula is C29H32Cl2N2O2S. The zero-order valence-corrected chi connectivity index (χ0v) is 23.0. The number of nitrogens with zero attached hydrogens (tertiary/aromatic N) is 1. The number of rotatable bonds is 12. The normalized spacial score (nSPS) is 12.6. The molecule has 36 heavy (non-hydrogen) atoms. The smallest absolute Gasteiger partial charge is 0.243 e. The average molecular weight is 544 g/mol. The number of carbonyl (C=O) groups is 2. The molecule has 2 amide bonds. The molecule has 7 heteroatoms. The van der Waals surface area contributed by atoms with Crippen molar-refractivity contribution in [3.63, 3.8) is 0 Å². The van der Waals surface area contributed by atoms with Gasteiger partial charge in [-0.25, -0.2) is 0 Å². The second kappa shape index (κ2) is 14.3. The van der Waals surface area contributed by atoms with Gasteiger partial charge in [0.2, 0.25) is 11.8 Å². The minimum atomic E-state index is -0.665. The summed E-state index contributed by atoms with van der Waals surface area (Å²) in [6, 6.07) is 24.2. The quantitative estimate of drug-likeness (QED) is 0.274. The predicted octanol–water partition coefficient (Wildman–Crippen LogP) is 6.78. The van der Waals surface area contributed by atoms with Crippen LogP contribution in [0.15, 0.2) is 78.9 Å². The van der Waals surface area contributed by atoms with Gasteiger partial charge in [0.25, 0.3) is 0 Å². The van der Waals surface area contributed by atoms with E-state index in [4.69, 9.17) is 23.2 Å². The molecule has 4 nitrogen and oxygen atoms in total. The highest BCUT2D eigenvalue weighted by atomic mass is 35.5. The summed E-state index contributed by atoms with van der Waals surface area (Å²) >= 11 is 14.0. The van der Waals surface area contributed by atoms with Crippen LogP contribution in [0.3, 0.4) is 0 Å². The van der Waals surface area contributed by atoms with Crippen molar-refractivity contribution in [2.24, 2.45) is 0 Å². The molecule has 0 aromatic heterocycles. The fraction of sp³-hybridized carbons (Fsp3) is 0.310. The number of carbonyl (C=O) groups excluding carboxylic acids is 2. The van der Waals surface area contributed by atoms with Gasteiger partial charge in [-0.15, -0.1) is 11.8 Å². The highest BCUT2D eigenvalue weighted by Gasteiger charge is 2.31. The van der Waals surface area contributed by atoms with Gasteiger partial charge in [0, 0.05) is 34.8 Å². The van der Waals surface area contributed by atoms with Crippen LogP contribution in [0.4, 0.5) is 0 Å². The molecule has 3 aromatic carbocycles. The topological polar surface area (TPSA) is 49.4 Å². The first-order chi connectivity index (χ1) is 17.4. The van der Waals surface area contributed by atoms with E-state index in [9.17, 15) is 9.59 Å². The second-order valence-electron chi connectivity index (χ2n) is 8.76. The first kappa shape index (κ1) is 28.1. The fourth-order valence-electron chi connectivity index (χ4n) is 3.72. The monoisotopic (exact) mass is 542 g/mol. The molecule has 0 unspecified atom stereocenters. The van der Waals surface area contributed by atoms with Crippen LogP contribution in [0, 0.1) is 0 Å². The van der Waals surface area contributed by atoms with Crippen molar-refractivity contribution in [2.45, 2.75) is 51.1 Å². The average Bonchev–Trinajstić information content (AvgIpc) is 2.88. The van der Waals surface area contributed by atoms with E-state index in [0.717, 1.165) is 23.1 Å². The third kappa shape index (κ3) is 8.58. The Balaban J connectivity index is 1.86. The Hall–Kier alpha value is -2.47. The third-order valence-electron chi connectivity index (χ3n) is 5.98. The highest BCUT2D eigenvalue weighted by molar-refractivity contribution is 7.99. The predicted molar refractivity (Wildman–Crippen MR) is 151 cm³/mol. The van der Waals surface area contributed by atoms with Crippen LogP contribution in [0.1, 0.15) is 37.0 Å². The van der Waals surface area contributed by atoms with Gasteiger partial charge in [0.15, 0.2) is 0 Å². The maximum atomic E-state index is 13.7. The molecule has 0 aliphatic carbocycles. The van der Waals surface area contributed by atoms with Gasteiger partial charge in [-0.05, 0) is 48.2 Å². The summed E-state index contributed by atoms with van der Waals surface area (Å²) in [5.74, 6) is 0.658. The Labute approximate surface area is 228 Å². The molecular weight excluding hydrogens is 511 g/mol. The standard InChI is InChI=1S/C29H32Cl2N2O2S/c1-3-21(2)32-29(35)27(17-22-9-5-4-6-10-22)33(18-24-11-7-8-12-26(24)31)28(34)20-36-19-23-13-15-25(30)16-14-23/h4-16,21,27H,3,17-20H2,1-2H3,(H,32,35)/t21-,27+/m1/s1. The van der Waals surface area contributed by atoms with E-state index in [1.807, 2.05) is 86.6 Å². The van der Waals surface area contributed by atoms with Crippen molar-refractivity contribution >= 4 is 46.8 Å². The largest absolute Gasteiger partial charge is 0.352 e. The van der Waals surface area contributed by atoms with Crippen molar-refractivity contribution in [2.75, 3.05) is 5.75 Å². The van der Waals surface area contributed by atoms with Crippen LogP contribution in [-0.4, -0.2) is 34.6 Å². The van der Waals surface area contributed by atoms with Gasteiger partial charge >= 0.3 is 0 Å². The van der Waals surface area contributed by atoms with Crippen molar-refractivity contribution in [3.05, 3.63) is 106 Å². The van der Waals surface area contributed by atoms with Crippen LogP contribution in [0.5, 0.6) is 0 Å². The molecule has 0 saturated carbocycles. The Kier molecular flexibility index (Phi) is 11.2. The molecule has 0 saturated heterocycles. The lowest BCUT2D eigenvalue weighted by atomic mass is 10.0. The molecule has 0 spiro atoms. The van der Waals surface area contributed by atoms with E-state index in [1.165, 1.54) is 11.8 Å². The van der Waals surface area contributed by atoms with Crippen LogP contribution in [0.2, 0.25) is 10.0 Å². The Morgan fingerprint density at radius 3 is 2.25 bits per heavy atom. The lowest BCUT2D eigenvalue weighted by molar-refractivity contribution is -0.139. The summed E-state index contributed by atoms with van der Waals surface area (Å²) in [5.41, 5.74) is 2.89. The number of nitrogens with one attached hydrogen (secondary N) is 1. The molecule has 0 aliphatic heterocycles. The van der Waals surface area contributed by atoms with Crippen LogP contribution in [0.25, 0.3) is 0 Å². The van der Waals surface area contributed by atoms with Gasteiger partial charge in [0.1, 0.15) is 6.04 Å². The Morgan fingerprint density at radius 2 is 1.58 bits per heavy atom. The van der Waals surface area contributed by atoms with Gasteiger partial charge < -0.3 is 10.2 Å². The molecule has 0 bridgehead atoms. The zero-order valence-electron chi connectivity index (χ0n) is 20.6. The van der Waals surface area contributed by atoms with Crippen molar-refractivity contribution in [1.29, 1.82) is 0 Å². The lowest BCUT2D eigenvalue weighted by Gasteiger charge is -2.32. The minimum absolute atomic E-state index is 0.00678. The molecule has 190 valence electrons. The minimum Gasteiger partial charge on any atom is -0.352 e. The molecule has 0 fully saturated rings. The first-order valence-electron chi connectivity index (χ1n) is 12.1. The molecule has 3 rings (SSSR count). The van der Waals surface area contributed by atoms with E-state index in [0.29, 0.717) is 22.2 Å². The zero-order chi connectivity index (χ0) is 25.9. The summed E-state index contributed by atoms with van der Waals surface area (Å²) in [4.78, 5) is 28.8. The van der Waals surface area contributed by atoms with Crippen molar-refractivity contribution in [1.82, 2.24) is 10.2 Å². The number of thioether (sulfide) groups is 1. The summed E-state index contributed by atoms with van der Waals surface area (Å²) in [7, 11) is 0. The highest BCUT2D eigenvalue weighted by Crippen LogP contribution is 2.22. The van der Waals surface area contributed by atoms with E-state index in [-0.39, 0.29) is 30.2 Å². The molecule has 0 heterocycles. The van der Waals surface area contributed by atoms with Crippen LogP contribution >= 0.6 is 35.0 Å². The SMILES string of the molecule is CC[C@@H](C)NC(=O)[C@H](Cc1ccccc1)N(Cc1ccccc1Cl)C(=O)CSCc1ccc(Cl)cc1. The van der Waals surface area contributed by atoms with E-state index >= 15 is 0 Å². The number of amides is 2. The number of halogens is 2. The van der Waals surface area contributed by atoms with Crippen molar-refractivity contribution in [3.8, 4) is 0 Å². The molecule has 2 atom stereocenters. The van der Waals surface area contributed by atoms with E-state index < -0.39 is 6.04 Å². The number of benzene rings is 3. The number of hydrogen-bond acceptors (Lipinski definition) is 3. The lowest BCUT2D eigenvalue weighted by Crippen LogP contribution is -2.52. The maximum absolute atomic E-state index is 13.7. The molecule has 0 radical (unpaired) electrons. The summed E-state index contributed by atoms with van der Waals surface area (Å²) < 4.78 is 0. The number of hydrogen-bond donors (Lipinski definition) is 1. The maximum Gasteiger partial charge on any atom is 0.243 e. The first-order valence-corrected chi connectivity index (χ1v) is 14.0. The summed E-state index contributed by atoms with van der Waals surface area (Å²) in [6.45, 7) is 4.25. The Morgan fingerprint density at radius 1 is 0.917 bits per heavy atom. The van der Waals surface area contributed by atoms with Gasteiger partial charge in [0.05, 0.1) is 5.75 Å². The van der Waals surface area contributed by atoms with Crippen molar-refractivity contribution < 1.29 is 9.59 Å². The van der Waals surface area contributed by atoms with E-state index in [2.05, 4.69) is 5.32 Å². The summed E-state index contributed by atoms with van der Waals surface area (Å²) in [6.07, 6.45) is 1.22. The van der Waals surface area contributed by atoms with Gasteiger partial charge in [-0.2, -0.15) is 0 Å². The third-order valence-corrected chi connectivity index (χ3v) is 7.59. The van der Waals surface area contributed by atoms with Gasteiger partial charge in [-0.3, -0.25) is 9.59 Å². The van der Waals surface area contributed by atoms with Crippen LogP contribution < -0.4 is 5.32 Å². The van der Waals surface area contributed by atoms with Crippen LogP contribution in [-0.2, 0) is 28.3 Å². The molecule has 3 aromatic rings. The molecule has 0 aliphatic rings. The van der Waals surface area contributed by atoms with E-state index in [1.54, 1.807) is 11.0 Å². The fourth-order valence-corrected chi connectivity index (χ4v) is 4.92. The summed E-state index contributed by atoms with van der Waals surface area (Å²) in [5, 5.41) is 4.34. The Bertz CT molecular complexity index is 1130. The molecule has 1 N–H and O–H groups in total. The second-order valence-corrected chi connectivity index (χ2v) is 10.6.